The lowest BCUT2D eigenvalue weighted by Gasteiger charge is -2.06. The third-order valence-corrected chi connectivity index (χ3v) is 2.34. The smallest absolute Gasteiger partial charge is 0.271 e. The van der Waals surface area contributed by atoms with Crippen molar-refractivity contribution < 1.29 is 0 Å². The number of hydrogen-bond donors (Lipinski definition) is 2. The molecule has 5 nitrogen and oxygen atoms in total. The van der Waals surface area contributed by atoms with Crippen molar-refractivity contribution >= 4 is 11.6 Å². The number of H-pyrrole nitrogens is 1. The van der Waals surface area contributed by atoms with E-state index < -0.39 is 0 Å². The molecule has 0 radical (unpaired) electrons. The van der Waals surface area contributed by atoms with Gasteiger partial charge in [0.15, 0.2) is 0 Å². The van der Waals surface area contributed by atoms with Crippen molar-refractivity contribution in [3.05, 3.63) is 45.9 Å². The Morgan fingerprint density at radius 1 is 1.25 bits per heavy atom. The molecule has 0 amide bonds. The molecule has 1 heterocycles. The third-order valence-electron chi connectivity index (χ3n) is 2.34. The van der Waals surface area contributed by atoms with E-state index in [0.717, 1.165) is 11.9 Å². The molecule has 0 aliphatic carbocycles. The topological polar surface area (TPSA) is 70.7 Å². The van der Waals surface area contributed by atoms with Crippen molar-refractivity contribution in [3.8, 4) is 0 Å². The Bertz CT molecular complexity index is 562. The number of aromatic nitrogens is 3. The zero-order valence-electron chi connectivity index (χ0n) is 9.11. The zero-order valence-corrected chi connectivity index (χ0v) is 9.11. The molecule has 0 saturated heterocycles. The predicted molar refractivity (Wildman–Crippen MR) is 61.9 cm³/mol. The number of aromatic amines is 1. The molecule has 0 aliphatic rings. The summed E-state index contributed by atoms with van der Waals surface area (Å²) in [6.45, 7) is 4.07. The molecule has 5 heteroatoms. The van der Waals surface area contributed by atoms with Gasteiger partial charge in [0.05, 0.1) is 0 Å². The van der Waals surface area contributed by atoms with E-state index in [-0.39, 0.29) is 5.56 Å². The van der Waals surface area contributed by atoms with Gasteiger partial charge in [0.1, 0.15) is 6.20 Å². The summed E-state index contributed by atoms with van der Waals surface area (Å²) in [5, 5.41) is 10.3. The number of anilines is 2. The van der Waals surface area contributed by atoms with E-state index in [2.05, 4.69) is 20.5 Å². The van der Waals surface area contributed by atoms with Crippen molar-refractivity contribution in [1.29, 1.82) is 0 Å². The average Bonchev–Trinajstić information content (AvgIpc) is 2.24. The first kappa shape index (κ1) is 10.4. The lowest BCUT2D eigenvalue weighted by atomic mass is 10.1. The minimum Gasteiger partial charge on any atom is -0.324 e. The Balaban J connectivity index is 2.27. The fourth-order valence-electron chi connectivity index (χ4n) is 1.33. The Hall–Kier alpha value is -2.17. The largest absolute Gasteiger partial charge is 0.324 e. The molecule has 0 aliphatic heterocycles. The standard InChI is InChI=1S/C11H12N4O/c1-7-3-4-9(5-8(7)2)13-11-14-10(16)6-12-15-11/h3-6H,1-2H3,(H2,13,14,15,16). The summed E-state index contributed by atoms with van der Waals surface area (Å²) in [6.07, 6.45) is 1.13. The van der Waals surface area contributed by atoms with Crippen LogP contribution in [0.4, 0.5) is 11.6 Å². The van der Waals surface area contributed by atoms with Crippen LogP contribution in [0.3, 0.4) is 0 Å². The molecule has 0 bridgehead atoms. The van der Waals surface area contributed by atoms with Gasteiger partial charge in [0.25, 0.3) is 5.56 Å². The fourth-order valence-corrected chi connectivity index (χ4v) is 1.33. The summed E-state index contributed by atoms with van der Waals surface area (Å²) in [6, 6.07) is 5.92. The first-order valence-electron chi connectivity index (χ1n) is 4.91. The van der Waals surface area contributed by atoms with Crippen LogP contribution in [0.2, 0.25) is 0 Å². The highest BCUT2D eigenvalue weighted by Gasteiger charge is 1.99. The highest BCUT2D eigenvalue weighted by molar-refractivity contribution is 5.55. The minimum atomic E-state index is -0.277. The molecule has 0 saturated carbocycles. The molecular weight excluding hydrogens is 204 g/mol. The molecule has 2 rings (SSSR count). The van der Waals surface area contributed by atoms with Gasteiger partial charge in [-0.15, -0.1) is 10.2 Å². The highest BCUT2D eigenvalue weighted by atomic mass is 16.1. The summed E-state index contributed by atoms with van der Waals surface area (Å²) in [5.74, 6) is 0.343. The van der Waals surface area contributed by atoms with E-state index in [9.17, 15) is 4.79 Å². The number of hydrogen-bond acceptors (Lipinski definition) is 4. The molecule has 2 aromatic rings. The van der Waals surface area contributed by atoms with Crippen LogP contribution in [0, 0.1) is 13.8 Å². The average molecular weight is 216 g/mol. The van der Waals surface area contributed by atoms with Gasteiger partial charge in [0.2, 0.25) is 5.95 Å². The van der Waals surface area contributed by atoms with Crippen molar-refractivity contribution in [3.63, 3.8) is 0 Å². The van der Waals surface area contributed by atoms with Crippen LogP contribution < -0.4 is 10.9 Å². The van der Waals surface area contributed by atoms with E-state index in [1.54, 1.807) is 0 Å². The Morgan fingerprint density at radius 3 is 2.75 bits per heavy atom. The second-order valence-corrected chi connectivity index (χ2v) is 3.61. The lowest BCUT2D eigenvalue weighted by molar-refractivity contribution is 0.953. The van der Waals surface area contributed by atoms with Crippen molar-refractivity contribution in [2.75, 3.05) is 5.32 Å². The second kappa shape index (κ2) is 4.14. The molecule has 16 heavy (non-hydrogen) atoms. The van der Waals surface area contributed by atoms with Gasteiger partial charge in [-0.2, -0.15) is 0 Å². The van der Waals surface area contributed by atoms with E-state index >= 15 is 0 Å². The normalized spacial score (nSPS) is 10.1. The van der Waals surface area contributed by atoms with E-state index in [4.69, 9.17) is 0 Å². The van der Waals surface area contributed by atoms with Crippen LogP contribution in [-0.4, -0.2) is 15.2 Å². The van der Waals surface area contributed by atoms with E-state index in [0.29, 0.717) is 5.95 Å². The molecular formula is C11H12N4O. The summed E-state index contributed by atoms with van der Waals surface area (Å²) in [4.78, 5) is 13.6. The molecule has 1 aromatic heterocycles. The van der Waals surface area contributed by atoms with E-state index in [1.165, 1.54) is 11.1 Å². The Labute approximate surface area is 92.6 Å². The number of aryl methyl sites for hydroxylation is 2. The van der Waals surface area contributed by atoms with Gasteiger partial charge < -0.3 is 5.32 Å². The quantitative estimate of drug-likeness (QED) is 0.798. The first-order valence-corrected chi connectivity index (χ1v) is 4.91. The monoisotopic (exact) mass is 216 g/mol. The highest BCUT2D eigenvalue weighted by Crippen LogP contribution is 2.16. The lowest BCUT2D eigenvalue weighted by Crippen LogP contribution is -2.10. The minimum absolute atomic E-state index is 0.277. The van der Waals surface area contributed by atoms with Crippen LogP contribution in [0.15, 0.2) is 29.2 Å². The van der Waals surface area contributed by atoms with Crippen LogP contribution in [0.25, 0.3) is 0 Å². The summed E-state index contributed by atoms with van der Waals surface area (Å²) < 4.78 is 0. The fraction of sp³-hybridized carbons (Fsp3) is 0.182. The molecule has 82 valence electrons. The SMILES string of the molecule is Cc1ccc(Nc2nncc(=O)[nH]2)cc1C. The molecule has 0 atom stereocenters. The molecule has 0 spiro atoms. The Morgan fingerprint density at radius 2 is 2.06 bits per heavy atom. The maximum Gasteiger partial charge on any atom is 0.271 e. The zero-order chi connectivity index (χ0) is 11.5. The molecule has 0 unspecified atom stereocenters. The molecule has 2 N–H and O–H groups in total. The van der Waals surface area contributed by atoms with Crippen LogP contribution in [-0.2, 0) is 0 Å². The van der Waals surface area contributed by atoms with E-state index in [1.807, 2.05) is 32.0 Å². The summed E-state index contributed by atoms with van der Waals surface area (Å²) in [5.41, 5.74) is 3.00. The second-order valence-electron chi connectivity index (χ2n) is 3.61. The van der Waals surface area contributed by atoms with Crippen LogP contribution in [0.5, 0.6) is 0 Å². The summed E-state index contributed by atoms with van der Waals surface area (Å²) in [7, 11) is 0. The van der Waals surface area contributed by atoms with Gasteiger partial charge in [-0.1, -0.05) is 6.07 Å². The van der Waals surface area contributed by atoms with Gasteiger partial charge in [-0.25, -0.2) is 0 Å². The predicted octanol–water partition coefficient (Wildman–Crippen LogP) is 1.53. The Kier molecular flexibility index (Phi) is 2.68. The first-order chi connectivity index (χ1) is 7.65. The summed E-state index contributed by atoms with van der Waals surface area (Å²) >= 11 is 0. The number of rotatable bonds is 2. The molecule has 0 fully saturated rings. The number of benzene rings is 1. The number of nitrogens with zero attached hydrogens (tertiary/aromatic N) is 2. The van der Waals surface area contributed by atoms with Crippen LogP contribution >= 0.6 is 0 Å². The van der Waals surface area contributed by atoms with Gasteiger partial charge in [0, 0.05) is 5.69 Å². The van der Waals surface area contributed by atoms with Crippen LogP contribution in [0.1, 0.15) is 11.1 Å². The van der Waals surface area contributed by atoms with Gasteiger partial charge in [-0.05, 0) is 37.1 Å². The maximum atomic E-state index is 11.0. The van der Waals surface area contributed by atoms with Gasteiger partial charge >= 0.3 is 0 Å². The van der Waals surface area contributed by atoms with Gasteiger partial charge in [-0.3, -0.25) is 9.78 Å². The third kappa shape index (κ3) is 2.25. The maximum absolute atomic E-state index is 11.0. The number of nitrogens with one attached hydrogen (secondary N) is 2. The van der Waals surface area contributed by atoms with Crippen molar-refractivity contribution in [1.82, 2.24) is 15.2 Å². The molecule has 1 aromatic carbocycles. The van der Waals surface area contributed by atoms with Crippen molar-refractivity contribution in [2.45, 2.75) is 13.8 Å². The van der Waals surface area contributed by atoms with Crippen molar-refractivity contribution in [2.24, 2.45) is 0 Å².